The highest BCUT2D eigenvalue weighted by molar-refractivity contribution is 5.89. The number of aliphatic hydroxyl groups is 1. The van der Waals surface area contributed by atoms with Crippen LogP contribution in [0, 0.1) is 11.8 Å². The molecule has 132 valence electrons. The molecule has 2 fully saturated rings. The zero-order chi connectivity index (χ0) is 16.8. The standard InChI is InChI=1S/C18H32N2O3/c1-13(2)16(9-10-21)19-18(23)14-11-17(22)20(12-14)15-7-5-3-4-6-8-15/h13-16,21H,3-12H2,1-2H3,(H,19,23). The zero-order valence-electron chi connectivity index (χ0n) is 14.6. The van der Waals surface area contributed by atoms with Crippen molar-refractivity contribution in [1.82, 2.24) is 10.2 Å². The fourth-order valence-corrected chi connectivity index (χ4v) is 3.84. The van der Waals surface area contributed by atoms with Gasteiger partial charge in [-0.15, -0.1) is 0 Å². The van der Waals surface area contributed by atoms with E-state index in [0.717, 1.165) is 12.8 Å². The van der Waals surface area contributed by atoms with Crippen molar-refractivity contribution in [2.75, 3.05) is 13.2 Å². The number of carbonyl (C=O) groups excluding carboxylic acids is 2. The van der Waals surface area contributed by atoms with Crippen molar-refractivity contribution in [2.45, 2.75) is 77.3 Å². The van der Waals surface area contributed by atoms with Crippen molar-refractivity contribution >= 4 is 11.8 Å². The summed E-state index contributed by atoms with van der Waals surface area (Å²) in [6.45, 7) is 4.72. The third-order valence-electron chi connectivity index (χ3n) is 5.37. The normalized spacial score (nSPS) is 24.8. The molecule has 2 rings (SSSR count). The Kier molecular flexibility index (Phi) is 6.88. The Morgan fingerprint density at radius 3 is 2.48 bits per heavy atom. The summed E-state index contributed by atoms with van der Waals surface area (Å²) in [4.78, 5) is 26.8. The summed E-state index contributed by atoms with van der Waals surface area (Å²) < 4.78 is 0. The number of aliphatic hydroxyl groups excluding tert-OH is 1. The van der Waals surface area contributed by atoms with Crippen LogP contribution in [0.4, 0.5) is 0 Å². The molecule has 1 aliphatic carbocycles. The maximum absolute atomic E-state index is 12.5. The molecule has 1 saturated carbocycles. The number of carbonyl (C=O) groups is 2. The molecule has 1 aliphatic heterocycles. The maximum atomic E-state index is 12.5. The smallest absolute Gasteiger partial charge is 0.225 e. The lowest BCUT2D eigenvalue weighted by Crippen LogP contribution is -2.43. The van der Waals surface area contributed by atoms with Crippen molar-refractivity contribution in [3.8, 4) is 0 Å². The first-order chi connectivity index (χ1) is 11.0. The SMILES string of the molecule is CC(C)C(CCO)NC(=O)C1CC(=O)N(C2CCCCCC2)C1. The molecule has 0 spiro atoms. The first-order valence-electron chi connectivity index (χ1n) is 9.23. The van der Waals surface area contributed by atoms with Gasteiger partial charge in [0.15, 0.2) is 0 Å². The molecule has 0 radical (unpaired) electrons. The second-order valence-corrected chi connectivity index (χ2v) is 7.46. The molecular formula is C18H32N2O3. The zero-order valence-corrected chi connectivity index (χ0v) is 14.6. The highest BCUT2D eigenvalue weighted by Gasteiger charge is 2.38. The fraction of sp³-hybridized carbons (Fsp3) is 0.889. The molecule has 0 aromatic heterocycles. The quantitative estimate of drug-likeness (QED) is 0.735. The molecule has 5 nitrogen and oxygen atoms in total. The average Bonchev–Trinajstić information content (AvgIpc) is 2.73. The number of hydrogen-bond donors (Lipinski definition) is 2. The van der Waals surface area contributed by atoms with Crippen LogP contribution in [-0.2, 0) is 9.59 Å². The Balaban J connectivity index is 1.91. The number of nitrogens with zero attached hydrogens (tertiary/aromatic N) is 1. The Morgan fingerprint density at radius 2 is 1.91 bits per heavy atom. The van der Waals surface area contributed by atoms with E-state index in [-0.39, 0.29) is 36.3 Å². The third kappa shape index (κ3) is 4.93. The molecule has 2 unspecified atom stereocenters. The van der Waals surface area contributed by atoms with Gasteiger partial charge in [0.1, 0.15) is 0 Å². The predicted molar refractivity (Wildman–Crippen MR) is 89.8 cm³/mol. The average molecular weight is 324 g/mol. The van der Waals surface area contributed by atoms with Gasteiger partial charge in [0.2, 0.25) is 11.8 Å². The van der Waals surface area contributed by atoms with Gasteiger partial charge in [0.25, 0.3) is 0 Å². The molecule has 0 aromatic rings. The number of nitrogens with one attached hydrogen (secondary N) is 1. The second-order valence-electron chi connectivity index (χ2n) is 7.46. The van der Waals surface area contributed by atoms with Gasteiger partial charge in [-0.1, -0.05) is 39.5 Å². The van der Waals surface area contributed by atoms with Gasteiger partial charge in [-0.3, -0.25) is 9.59 Å². The molecule has 2 atom stereocenters. The minimum absolute atomic E-state index is 0.0190. The Morgan fingerprint density at radius 1 is 1.26 bits per heavy atom. The Hall–Kier alpha value is -1.10. The van der Waals surface area contributed by atoms with Crippen LogP contribution in [0.1, 0.15) is 65.2 Å². The molecule has 1 heterocycles. The van der Waals surface area contributed by atoms with E-state index in [0.29, 0.717) is 25.4 Å². The van der Waals surface area contributed by atoms with Gasteiger partial charge in [-0.05, 0) is 25.2 Å². The van der Waals surface area contributed by atoms with E-state index < -0.39 is 0 Å². The molecule has 1 saturated heterocycles. The van der Waals surface area contributed by atoms with Gasteiger partial charge in [-0.25, -0.2) is 0 Å². The van der Waals surface area contributed by atoms with E-state index in [9.17, 15) is 9.59 Å². The molecule has 2 amide bonds. The van der Waals surface area contributed by atoms with Crippen LogP contribution < -0.4 is 5.32 Å². The summed E-state index contributed by atoms with van der Waals surface area (Å²) in [5, 5.41) is 12.2. The van der Waals surface area contributed by atoms with Gasteiger partial charge in [0.05, 0.1) is 5.92 Å². The highest BCUT2D eigenvalue weighted by atomic mass is 16.3. The molecule has 0 aromatic carbocycles. The summed E-state index contributed by atoms with van der Waals surface area (Å²) >= 11 is 0. The van der Waals surface area contributed by atoms with Gasteiger partial charge in [0, 0.05) is 31.7 Å². The number of rotatable bonds is 6. The van der Waals surface area contributed by atoms with Crippen LogP contribution in [0.5, 0.6) is 0 Å². The molecule has 23 heavy (non-hydrogen) atoms. The van der Waals surface area contributed by atoms with Crippen LogP contribution >= 0.6 is 0 Å². The van der Waals surface area contributed by atoms with Crippen LogP contribution in [0.2, 0.25) is 0 Å². The lowest BCUT2D eigenvalue weighted by atomic mass is 9.99. The summed E-state index contributed by atoms with van der Waals surface area (Å²) in [5.74, 6) is 0.161. The van der Waals surface area contributed by atoms with Crippen LogP contribution in [0.25, 0.3) is 0 Å². The topological polar surface area (TPSA) is 69.6 Å². The number of amides is 2. The molecular weight excluding hydrogens is 292 g/mol. The van der Waals surface area contributed by atoms with Gasteiger partial charge >= 0.3 is 0 Å². The molecule has 5 heteroatoms. The highest BCUT2D eigenvalue weighted by Crippen LogP contribution is 2.28. The minimum atomic E-state index is -0.231. The largest absolute Gasteiger partial charge is 0.396 e. The lowest BCUT2D eigenvalue weighted by Gasteiger charge is -2.27. The minimum Gasteiger partial charge on any atom is -0.396 e. The van der Waals surface area contributed by atoms with E-state index in [1.165, 1.54) is 25.7 Å². The first-order valence-corrected chi connectivity index (χ1v) is 9.23. The summed E-state index contributed by atoms with van der Waals surface area (Å²) in [6, 6.07) is 0.315. The van der Waals surface area contributed by atoms with Gasteiger partial charge < -0.3 is 15.3 Å². The molecule has 2 N–H and O–H groups in total. The van der Waals surface area contributed by atoms with Crippen molar-refractivity contribution in [2.24, 2.45) is 11.8 Å². The third-order valence-corrected chi connectivity index (χ3v) is 5.37. The van der Waals surface area contributed by atoms with E-state index in [1.54, 1.807) is 0 Å². The summed E-state index contributed by atoms with van der Waals surface area (Å²) in [6.07, 6.45) is 7.98. The van der Waals surface area contributed by atoms with E-state index in [1.807, 2.05) is 18.7 Å². The fourth-order valence-electron chi connectivity index (χ4n) is 3.84. The van der Waals surface area contributed by atoms with Gasteiger partial charge in [-0.2, -0.15) is 0 Å². The Labute approximate surface area is 139 Å². The van der Waals surface area contributed by atoms with Crippen molar-refractivity contribution < 1.29 is 14.7 Å². The first kappa shape index (κ1) is 18.2. The molecule has 2 aliphatic rings. The maximum Gasteiger partial charge on any atom is 0.225 e. The van der Waals surface area contributed by atoms with E-state index in [4.69, 9.17) is 5.11 Å². The van der Waals surface area contributed by atoms with E-state index in [2.05, 4.69) is 5.32 Å². The monoisotopic (exact) mass is 324 g/mol. The van der Waals surface area contributed by atoms with Crippen LogP contribution in [0.3, 0.4) is 0 Å². The lowest BCUT2D eigenvalue weighted by molar-refractivity contribution is -0.130. The summed E-state index contributed by atoms with van der Waals surface area (Å²) in [5.41, 5.74) is 0. The second kappa shape index (κ2) is 8.67. The Bertz CT molecular complexity index is 403. The van der Waals surface area contributed by atoms with E-state index >= 15 is 0 Å². The van der Waals surface area contributed by atoms with Crippen molar-refractivity contribution in [3.63, 3.8) is 0 Å². The van der Waals surface area contributed by atoms with Crippen LogP contribution in [0.15, 0.2) is 0 Å². The molecule has 0 bridgehead atoms. The van der Waals surface area contributed by atoms with Crippen LogP contribution in [-0.4, -0.2) is 47.1 Å². The van der Waals surface area contributed by atoms with Crippen molar-refractivity contribution in [1.29, 1.82) is 0 Å². The number of hydrogen-bond acceptors (Lipinski definition) is 3. The number of likely N-dealkylation sites (tertiary alicyclic amines) is 1. The predicted octanol–water partition coefficient (Wildman–Crippen LogP) is 2.08. The van der Waals surface area contributed by atoms with Crippen molar-refractivity contribution in [3.05, 3.63) is 0 Å². The summed E-state index contributed by atoms with van der Waals surface area (Å²) in [7, 11) is 0.